The Kier molecular flexibility index (Phi) is 1.46. The summed E-state index contributed by atoms with van der Waals surface area (Å²) in [5, 5.41) is 0. The lowest BCUT2D eigenvalue weighted by molar-refractivity contribution is -0.150. The van der Waals surface area contributed by atoms with Crippen molar-refractivity contribution in [3.05, 3.63) is 0 Å². The normalized spacial score (nSPS) is 21.0. The van der Waals surface area contributed by atoms with Gasteiger partial charge in [0.05, 0.1) is 0 Å². The maximum absolute atomic E-state index is 10.7. The number of hydrogen-bond donors (Lipinski definition) is 1. The molecule has 5 heteroatoms. The first-order valence-electron chi connectivity index (χ1n) is 2.71. The maximum Gasteiger partial charge on any atom is 0.326 e. The van der Waals surface area contributed by atoms with Gasteiger partial charge in [0.2, 0.25) is 0 Å². The van der Waals surface area contributed by atoms with Gasteiger partial charge in [-0.25, -0.2) is 5.90 Å². The highest BCUT2D eigenvalue weighted by atomic mass is 16.7. The van der Waals surface area contributed by atoms with Gasteiger partial charge in [0, 0.05) is 0 Å². The third kappa shape index (κ3) is 0.929. The molecule has 0 aromatic heterocycles. The van der Waals surface area contributed by atoms with Crippen molar-refractivity contribution in [3.8, 4) is 0 Å². The lowest BCUT2D eigenvalue weighted by atomic mass is 10.3. The Morgan fingerprint density at radius 1 is 1.67 bits per heavy atom. The summed E-state index contributed by atoms with van der Waals surface area (Å²) in [7, 11) is 1.32. The highest BCUT2D eigenvalue weighted by Gasteiger charge is 2.52. The van der Waals surface area contributed by atoms with Gasteiger partial charge in [0.25, 0.3) is 0 Å². The van der Waals surface area contributed by atoms with Gasteiger partial charge in [0.1, 0.15) is 0 Å². The fourth-order valence-corrected chi connectivity index (χ4v) is 0.670. The molecule has 2 N–H and O–H groups in total. The SMILES string of the molecule is BOC(=O)C1(ON)CC1. The van der Waals surface area contributed by atoms with Crippen molar-refractivity contribution in [1.82, 2.24) is 0 Å². The average Bonchev–Trinajstić information content (AvgIpc) is 2.66. The van der Waals surface area contributed by atoms with E-state index in [2.05, 4.69) is 9.49 Å². The summed E-state index contributed by atoms with van der Waals surface area (Å²) < 4.78 is 4.42. The highest BCUT2D eigenvalue weighted by Crippen LogP contribution is 2.38. The fourth-order valence-electron chi connectivity index (χ4n) is 0.670. The van der Waals surface area contributed by atoms with Crippen LogP contribution >= 0.6 is 0 Å². The van der Waals surface area contributed by atoms with E-state index in [0.717, 1.165) is 0 Å². The monoisotopic (exact) mass is 129 g/mol. The van der Waals surface area contributed by atoms with Gasteiger partial charge in [-0.2, -0.15) is 0 Å². The first-order valence-corrected chi connectivity index (χ1v) is 2.71. The summed E-state index contributed by atoms with van der Waals surface area (Å²) in [6, 6.07) is 0. The van der Waals surface area contributed by atoms with E-state index in [1.165, 1.54) is 8.05 Å². The average molecular weight is 129 g/mol. The molecule has 0 radical (unpaired) electrons. The summed E-state index contributed by atoms with van der Waals surface area (Å²) in [5.41, 5.74) is -0.783. The van der Waals surface area contributed by atoms with Crippen LogP contribution in [0.15, 0.2) is 0 Å². The molecule has 0 bridgehead atoms. The number of carbonyl (C=O) groups excluding carboxylic acids is 1. The van der Waals surface area contributed by atoms with Crippen molar-refractivity contribution in [3.63, 3.8) is 0 Å². The second kappa shape index (κ2) is 2.00. The highest BCUT2D eigenvalue weighted by molar-refractivity contribution is 6.07. The lowest BCUT2D eigenvalue weighted by Gasteiger charge is -2.08. The zero-order valence-corrected chi connectivity index (χ0v) is 5.22. The van der Waals surface area contributed by atoms with Crippen LogP contribution in [0.2, 0.25) is 0 Å². The number of carbonyl (C=O) groups is 1. The summed E-state index contributed by atoms with van der Waals surface area (Å²) in [6.45, 7) is 0. The van der Waals surface area contributed by atoms with E-state index < -0.39 is 5.60 Å². The van der Waals surface area contributed by atoms with Crippen LogP contribution in [-0.2, 0) is 14.3 Å². The van der Waals surface area contributed by atoms with Crippen LogP contribution in [0.1, 0.15) is 12.8 Å². The molecular formula is C4H8BNO3. The second-order valence-electron chi connectivity index (χ2n) is 2.10. The Hall–Kier alpha value is -0.545. The summed E-state index contributed by atoms with van der Waals surface area (Å²) in [5.74, 6) is 4.47. The first-order chi connectivity index (χ1) is 4.25. The second-order valence-corrected chi connectivity index (χ2v) is 2.10. The fraction of sp³-hybridized carbons (Fsp3) is 0.750. The van der Waals surface area contributed by atoms with Crippen LogP contribution in [-0.4, -0.2) is 19.6 Å². The number of hydrogen-bond acceptors (Lipinski definition) is 4. The van der Waals surface area contributed by atoms with Crippen LogP contribution in [0.5, 0.6) is 0 Å². The molecule has 0 aliphatic heterocycles. The van der Waals surface area contributed by atoms with E-state index in [4.69, 9.17) is 5.90 Å². The molecule has 0 saturated heterocycles. The van der Waals surface area contributed by atoms with Crippen molar-refractivity contribution in [2.75, 3.05) is 0 Å². The third-order valence-electron chi connectivity index (χ3n) is 1.49. The van der Waals surface area contributed by atoms with Gasteiger partial charge in [-0.1, -0.05) is 0 Å². The molecule has 0 unspecified atom stereocenters. The molecule has 1 fully saturated rings. The largest absolute Gasteiger partial charge is 0.541 e. The predicted molar refractivity (Wildman–Crippen MR) is 31.9 cm³/mol. The van der Waals surface area contributed by atoms with Crippen molar-refractivity contribution < 1.29 is 14.3 Å². The van der Waals surface area contributed by atoms with Crippen molar-refractivity contribution in [1.29, 1.82) is 0 Å². The van der Waals surface area contributed by atoms with Gasteiger partial charge in [-0.05, 0) is 12.8 Å². The third-order valence-corrected chi connectivity index (χ3v) is 1.49. The molecule has 1 aliphatic rings. The molecule has 1 saturated carbocycles. The van der Waals surface area contributed by atoms with Gasteiger partial charge >= 0.3 is 14.0 Å². The van der Waals surface area contributed by atoms with Gasteiger partial charge in [0.15, 0.2) is 5.60 Å². The van der Waals surface area contributed by atoms with E-state index in [0.29, 0.717) is 12.8 Å². The van der Waals surface area contributed by atoms with Crippen molar-refractivity contribution in [2.24, 2.45) is 5.90 Å². The summed E-state index contributed by atoms with van der Waals surface area (Å²) in [4.78, 5) is 15.1. The Bertz CT molecular complexity index is 134. The molecular weight excluding hydrogens is 121 g/mol. The Labute approximate surface area is 53.7 Å². The molecule has 1 rings (SSSR count). The molecule has 4 nitrogen and oxygen atoms in total. The zero-order valence-electron chi connectivity index (χ0n) is 5.22. The molecule has 0 aromatic rings. The Morgan fingerprint density at radius 3 is 2.33 bits per heavy atom. The predicted octanol–water partition coefficient (Wildman–Crippen LogP) is -1.50. The minimum Gasteiger partial charge on any atom is -0.541 e. The van der Waals surface area contributed by atoms with Crippen molar-refractivity contribution >= 4 is 14.0 Å². The molecule has 0 aromatic carbocycles. The molecule has 9 heavy (non-hydrogen) atoms. The van der Waals surface area contributed by atoms with Crippen LogP contribution in [0.4, 0.5) is 0 Å². The number of rotatable bonds is 2. The van der Waals surface area contributed by atoms with Crippen LogP contribution in [0.25, 0.3) is 0 Å². The Morgan fingerprint density at radius 2 is 2.22 bits per heavy atom. The van der Waals surface area contributed by atoms with Gasteiger partial charge in [-0.15, -0.1) is 0 Å². The number of nitrogens with two attached hydrogens (primary N) is 1. The Balaban J connectivity index is 2.49. The topological polar surface area (TPSA) is 61.5 Å². The molecule has 1 aliphatic carbocycles. The lowest BCUT2D eigenvalue weighted by Crippen LogP contribution is -2.30. The standard InChI is InChI=1S/C4H8BNO3/c5-8-3(7)4(9-6)1-2-4/h1-2,5-6H2. The van der Waals surface area contributed by atoms with E-state index in [1.54, 1.807) is 0 Å². The minimum absolute atomic E-state index is 0.370. The van der Waals surface area contributed by atoms with E-state index in [-0.39, 0.29) is 5.97 Å². The molecule has 0 amide bonds. The summed E-state index contributed by atoms with van der Waals surface area (Å²) >= 11 is 0. The van der Waals surface area contributed by atoms with Gasteiger partial charge < -0.3 is 4.65 Å². The summed E-state index contributed by atoms with van der Waals surface area (Å²) in [6.07, 6.45) is 1.35. The van der Waals surface area contributed by atoms with E-state index in [1.807, 2.05) is 0 Å². The van der Waals surface area contributed by atoms with Crippen LogP contribution in [0.3, 0.4) is 0 Å². The molecule has 50 valence electrons. The smallest absolute Gasteiger partial charge is 0.326 e. The van der Waals surface area contributed by atoms with Crippen LogP contribution in [0, 0.1) is 0 Å². The molecule has 0 spiro atoms. The van der Waals surface area contributed by atoms with Crippen molar-refractivity contribution in [2.45, 2.75) is 18.4 Å². The molecule has 0 heterocycles. The maximum atomic E-state index is 10.7. The quantitative estimate of drug-likeness (QED) is 0.364. The zero-order chi connectivity index (χ0) is 6.91. The molecule has 0 atom stereocenters. The minimum atomic E-state index is -0.783. The van der Waals surface area contributed by atoms with E-state index in [9.17, 15) is 4.79 Å². The first kappa shape index (κ1) is 6.57. The van der Waals surface area contributed by atoms with Crippen LogP contribution < -0.4 is 5.90 Å². The van der Waals surface area contributed by atoms with E-state index >= 15 is 0 Å². The van der Waals surface area contributed by atoms with Gasteiger partial charge in [-0.3, -0.25) is 9.63 Å².